The van der Waals surface area contributed by atoms with Crippen LogP contribution in [0.25, 0.3) is 0 Å². The first-order chi connectivity index (χ1) is 9.15. The lowest BCUT2D eigenvalue weighted by molar-refractivity contribution is 0.190. The molecule has 1 heterocycles. The Morgan fingerprint density at radius 2 is 1.89 bits per heavy atom. The Hall–Kier alpha value is -1.51. The van der Waals surface area contributed by atoms with Crippen molar-refractivity contribution in [2.75, 3.05) is 7.05 Å². The van der Waals surface area contributed by atoms with E-state index in [2.05, 4.69) is 26.0 Å². The predicted octanol–water partition coefficient (Wildman–Crippen LogP) is 3.50. The van der Waals surface area contributed by atoms with Crippen molar-refractivity contribution in [3.8, 4) is 0 Å². The number of hydrogen-bond donors (Lipinski definition) is 0. The smallest absolute Gasteiger partial charge is 0.320 e. The summed E-state index contributed by atoms with van der Waals surface area (Å²) in [7, 11) is 1.93. The highest BCUT2D eigenvalue weighted by Gasteiger charge is 2.40. The number of unbranched alkanes of at least 4 members (excludes halogenated alkanes) is 1. The standard InChI is InChI=1S/C16H24N2O/c1-4-5-11-15-13(2)18(16(19)17(15)3)12-14-9-7-6-8-10-14/h6-10,13,15H,4-5,11-12H2,1-3H3. The van der Waals surface area contributed by atoms with E-state index < -0.39 is 0 Å². The number of carbonyl (C=O) groups is 1. The molecule has 1 saturated heterocycles. The van der Waals surface area contributed by atoms with Crippen molar-refractivity contribution >= 4 is 6.03 Å². The molecule has 19 heavy (non-hydrogen) atoms. The molecule has 1 aliphatic heterocycles. The van der Waals surface area contributed by atoms with Crippen LogP contribution in [0.2, 0.25) is 0 Å². The van der Waals surface area contributed by atoms with Crippen molar-refractivity contribution in [2.24, 2.45) is 0 Å². The lowest BCUT2D eigenvalue weighted by atomic mass is 10.0. The van der Waals surface area contributed by atoms with Gasteiger partial charge in [0.1, 0.15) is 0 Å². The Morgan fingerprint density at radius 1 is 1.21 bits per heavy atom. The van der Waals surface area contributed by atoms with E-state index in [1.807, 2.05) is 35.0 Å². The zero-order valence-electron chi connectivity index (χ0n) is 12.2. The topological polar surface area (TPSA) is 23.6 Å². The Balaban J connectivity index is 2.07. The first-order valence-corrected chi connectivity index (χ1v) is 7.22. The van der Waals surface area contributed by atoms with Crippen LogP contribution in [-0.4, -0.2) is 35.0 Å². The molecule has 1 aliphatic rings. The zero-order valence-corrected chi connectivity index (χ0v) is 12.2. The van der Waals surface area contributed by atoms with E-state index in [0.717, 1.165) is 6.42 Å². The van der Waals surface area contributed by atoms with Gasteiger partial charge in [0, 0.05) is 13.6 Å². The summed E-state index contributed by atoms with van der Waals surface area (Å²) in [6, 6.07) is 11.0. The molecule has 3 heteroatoms. The van der Waals surface area contributed by atoms with Gasteiger partial charge in [-0.15, -0.1) is 0 Å². The number of urea groups is 1. The quantitative estimate of drug-likeness (QED) is 0.795. The number of likely N-dealkylation sites (N-methyl/N-ethyl adjacent to an activating group) is 1. The van der Waals surface area contributed by atoms with Crippen molar-refractivity contribution in [3.05, 3.63) is 35.9 Å². The molecule has 1 fully saturated rings. The van der Waals surface area contributed by atoms with Crippen LogP contribution in [0.4, 0.5) is 4.79 Å². The molecule has 0 bridgehead atoms. The van der Waals surface area contributed by atoms with E-state index in [9.17, 15) is 4.79 Å². The zero-order chi connectivity index (χ0) is 13.8. The van der Waals surface area contributed by atoms with Crippen LogP contribution < -0.4 is 0 Å². The van der Waals surface area contributed by atoms with E-state index in [4.69, 9.17) is 0 Å². The van der Waals surface area contributed by atoms with Crippen molar-refractivity contribution in [3.63, 3.8) is 0 Å². The third kappa shape index (κ3) is 2.91. The Labute approximate surface area is 116 Å². The third-order valence-corrected chi connectivity index (χ3v) is 4.14. The summed E-state index contributed by atoms with van der Waals surface area (Å²) in [6.45, 7) is 5.08. The normalized spacial score (nSPS) is 23.2. The van der Waals surface area contributed by atoms with Gasteiger partial charge < -0.3 is 9.80 Å². The fourth-order valence-electron chi connectivity index (χ4n) is 2.89. The highest BCUT2D eigenvalue weighted by molar-refractivity contribution is 5.77. The molecule has 1 aromatic carbocycles. The van der Waals surface area contributed by atoms with Gasteiger partial charge in [0.05, 0.1) is 12.1 Å². The molecular weight excluding hydrogens is 236 g/mol. The third-order valence-electron chi connectivity index (χ3n) is 4.14. The van der Waals surface area contributed by atoms with Crippen molar-refractivity contribution < 1.29 is 4.79 Å². The summed E-state index contributed by atoms with van der Waals surface area (Å²) in [6.07, 6.45) is 3.47. The average molecular weight is 260 g/mol. The molecule has 0 N–H and O–H groups in total. The lowest BCUT2D eigenvalue weighted by Crippen LogP contribution is -2.33. The molecule has 0 aromatic heterocycles. The van der Waals surface area contributed by atoms with E-state index in [-0.39, 0.29) is 6.03 Å². The highest BCUT2D eigenvalue weighted by Crippen LogP contribution is 2.26. The first kappa shape index (κ1) is 13.9. The van der Waals surface area contributed by atoms with Gasteiger partial charge in [-0.2, -0.15) is 0 Å². The van der Waals surface area contributed by atoms with Crippen LogP contribution in [0.15, 0.2) is 30.3 Å². The number of hydrogen-bond acceptors (Lipinski definition) is 1. The number of carbonyl (C=O) groups excluding carboxylic acids is 1. The highest BCUT2D eigenvalue weighted by atomic mass is 16.2. The van der Waals surface area contributed by atoms with E-state index in [0.29, 0.717) is 18.6 Å². The maximum atomic E-state index is 12.3. The van der Waals surface area contributed by atoms with E-state index in [1.54, 1.807) is 0 Å². The minimum atomic E-state index is 0.164. The van der Waals surface area contributed by atoms with Crippen molar-refractivity contribution in [1.82, 2.24) is 9.80 Å². The van der Waals surface area contributed by atoms with Gasteiger partial charge in [-0.25, -0.2) is 4.79 Å². The van der Waals surface area contributed by atoms with Gasteiger partial charge in [0.2, 0.25) is 0 Å². The SMILES string of the molecule is CCCCC1C(C)N(Cc2ccccc2)C(=O)N1C. The Morgan fingerprint density at radius 3 is 2.53 bits per heavy atom. The van der Waals surface area contributed by atoms with E-state index >= 15 is 0 Å². The second kappa shape index (κ2) is 6.09. The van der Waals surface area contributed by atoms with Gasteiger partial charge in [-0.3, -0.25) is 0 Å². The molecular formula is C16H24N2O. The maximum Gasteiger partial charge on any atom is 0.320 e. The summed E-state index contributed by atoms with van der Waals surface area (Å²) in [5, 5.41) is 0. The van der Waals surface area contributed by atoms with Crippen LogP contribution in [-0.2, 0) is 6.54 Å². The molecule has 0 aliphatic carbocycles. The first-order valence-electron chi connectivity index (χ1n) is 7.22. The molecule has 0 saturated carbocycles. The maximum absolute atomic E-state index is 12.3. The number of benzene rings is 1. The molecule has 104 valence electrons. The summed E-state index contributed by atoms with van der Waals surface area (Å²) in [5.74, 6) is 0. The average Bonchev–Trinajstić information content (AvgIpc) is 2.62. The fourth-order valence-corrected chi connectivity index (χ4v) is 2.89. The molecule has 2 amide bonds. The molecule has 2 atom stereocenters. The molecule has 0 radical (unpaired) electrons. The van der Waals surface area contributed by atoms with Crippen LogP contribution in [0, 0.1) is 0 Å². The van der Waals surface area contributed by atoms with Gasteiger partial charge in [-0.05, 0) is 18.9 Å². The molecule has 1 aromatic rings. The van der Waals surface area contributed by atoms with Crippen molar-refractivity contribution in [2.45, 2.75) is 51.7 Å². The predicted molar refractivity (Wildman–Crippen MR) is 77.9 cm³/mol. The minimum Gasteiger partial charge on any atom is -0.323 e. The van der Waals surface area contributed by atoms with Crippen LogP contribution in [0.5, 0.6) is 0 Å². The largest absolute Gasteiger partial charge is 0.323 e. The lowest BCUT2D eigenvalue weighted by Gasteiger charge is -2.23. The second-order valence-electron chi connectivity index (χ2n) is 5.46. The summed E-state index contributed by atoms with van der Waals surface area (Å²) in [4.78, 5) is 16.3. The molecule has 3 nitrogen and oxygen atoms in total. The monoisotopic (exact) mass is 260 g/mol. The van der Waals surface area contributed by atoms with Crippen LogP contribution >= 0.6 is 0 Å². The number of nitrogens with zero attached hydrogens (tertiary/aromatic N) is 2. The number of amides is 2. The van der Waals surface area contributed by atoms with Gasteiger partial charge >= 0.3 is 6.03 Å². The molecule has 2 rings (SSSR count). The number of rotatable bonds is 5. The van der Waals surface area contributed by atoms with Crippen LogP contribution in [0.3, 0.4) is 0 Å². The van der Waals surface area contributed by atoms with Crippen molar-refractivity contribution in [1.29, 1.82) is 0 Å². The van der Waals surface area contributed by atoms with Gasteiger partial charge in [0.25, 0.3) is 0 Å². The minimum absolute atomic E-state index is 0.164. The van der Waals surface area contributed by atoms with E-state index in [1.165, 1.54) is 18.4 Å². The molecule has 2 unspecified atom stereocenters. The fraction of sp³-hybridized carbons (Fsp3) is 0.562. The summed E-state index contributed by atoms with van der Waals surface area (Å²) >= 11 is 0. The Kier molecular flexibility index (Phi) is 4.46. The van der Waals surface area contributed by atoms with Crippen LogP contribution in [0.1, 0.15) is 38.7 Å². The van der Waals surface area contributed by atoms with Gasteiger partial charge in [-0.1, -0.05) is 50.1 Å². The Bertz CT molecular complexity index is 418. The second-order valence-corrected chi connectivity index (χ2v) is 5.46. The molecule has 0 spiro atoms. The summed E-state index contributed by atoms with van der Waals surface area (Å²) in [5.41, 5.74) is 1.20. The summed E-state index contributed by atoms with van der Waals surface area (Å²) < 4.78 is 0. The van der Waals surface area contributed by atoms with Gasteiger partial charge in [0.15, 0.2) is 0 Å².